The number of rotatable bonds is 5. The molecular weight excluding hydrogens is 329 g/mol. The predicted octanol–water partition coefficient (Wildman–Crippen LogP) is 2.92. The van der Waals surface area contributed by atoms with Crippen LogP contribution in [0.4, 0.5) is 10.1 Å². The molecule has 6 nitrogen and oxygen atoms in total. The monoisotopic (exact) mass is 343 g/mol. The number of aromatic nitrogens is 4. The van der Waals surface area contributed by atoms with Crippen LogP contribution in [0.15, 0.2) is 59.8 Å². The highest BCUT2D eigenvalue weighted by molar-refractivity contribution is 8.00. The number of tetrazole rings is 1. The number of hydrogen-bond acceptors (Lipinski definition) is 5. The van der Waals surface area contributed by atoms with Crippen molar-refractivity contribution in [2.24, 2.45) is 0 Å². The number of nitrogens with zero attached hydrogens (tertiary/aromatic N) is 4. The highest BCUT2D eigenvalue weighted by atomic mass is 32.2. The minimum atomic E-state index is -0.427. The molecule has 24 heavy (non-hydrogen) atoms. The molecule has 122 valence electrons. The van der Waals surface area contributed by atoms with Gasteiger partial charge in [0, 0.05) is 5.69 Å². The summed E-state index contributed by atoms with van der Waals surface area (Å²) in [6.45, 7) is 1.76. The lowest BCUT2D eigenvalue weighted by atomic mass is 10.3. The number of carbonyl (C=O) groups excluding carboxylic acids is 1. The van der Waals surface area contributed by atoms with E-state index in [0.29, 0.717) is 10.8 Å². The molecule has 8 heteroatoms. The van der Waals surface area contributed by atoms with Crippen LogP contribution < -0.4 is 5.32 Å². The molecule has 0 fully saturated rings. The fourth-order valence-electron chi connectivity index (χ4n) is 2.00. The Labute approximate surface area is 142 Å². The summed E-state index contributed by atoms with van der Waals surface area (Å²) in [5, 5.41) is 14.2. The first-order valence-electron chi connectivity index (χ1n) is 7.20. The average molecular weight is 343 g/mol. The molecule has 0 radical (unpaired) electrons. The van der Waals surface area contributed by atoms with Gasteiger partial charge >= 0.3 is 0 Å². The van der Waals surface area contributed by atoms with Crippen LogP contribution >= 0.6 is 11.8 Å². The molecule has 1 atom stereocenters. The first-order valence-corrected chi connectivity index (χ1v) is 8.08. The quantitative estimate of drug-likeness (QED) is 0.721. The van der Waals surface area contributed by atoms with E-state index in [1.807, 2.05) is 30.3 Å². The van der Waals surface area contributed by atoms with Crippen LogP contribution in [0.25, 0.3) is 5.69 Å². The van der Waals surface area contributed by atoms with Gasteiger partial charge in [0.25, 0.3) is 0 Å². The van der Waals surface area contributed by atoms with Crippen molar-refractivity contribution in [3.05, 3.63) is 60.4 Å². The Morgan fingerprint density at radius 2 is 2.00 bits per heavy atom. The number of halogens is 1. The maximum atomic E-state index is 13.4. The third kappa shape index (κ3) is 3.77. The molecule has 0 aliphatic heterocycles. The summed E-state index contributed by atoms with van der Waals surface area (Å²) in [7, 11) is 0. The van der Waals surface area contributed by atoms with Crippen LogP contribution in [0.2, 0.25) is 0 Å². The first kappa shape index (κ1) is 16.1. The average Bonchev–Trinajstić information content (AvgIpc) is 3.04. The van der Waals surface area contributed by atoms with Crippen molar-refractivity contribution in [3.8, 4) is 5.69 Å². The van der Waals surface area contributed by atoms with E-state index in [9.17, 15) is 9.18 Å². The lowest BCUT2D eigenvalue weighted by molar-refractivity contribution is -0.115. The Kier molecular flexibility index (Phi) is 4.85. The largest absolute Gasteiger partial charge is 0.325 e. The molecule has 0 aliphatic rings. The van der Waals surface area contributed by atoms with Crippen LogP contribution in [0, 0.1) is 5.82 Å². The summed E-state index contributed by atoms with van der Waals surface area (Å²) < 4.78 is 14.8. The molecule has 0 saturated heterocycles. The lowest BCUT2D eigenvalue weighted by Gasteiger charge is -2.11. The van der Waals surface area contributed by atoms with E-state index in [1.165, 1.54) is 28.6 Å². The van der Waals surface area contributed by atoms with Gasteiger partial charge in [-0.05, 0) is 47.7 Å². The zero-order valence-electron chi connectivity index (χ0n) is 12.8. The Balaban J connectivity index is 1.72. The zero-order chi connectivity index (χ0) is 16.9. The molecule has 1 heterocycles. The summed E-state index contributed by atoms with van der Waals surface area (Å²) in [6.07, 6.45) is 0. The third-order valence-corrected chi connectivity index (χ3v) is 4.22. The number of nitrogens with one attached hydrogen (secondary N) is 1. The third-order valence-electron chi connectivity index (χ3n) is 3.19. The Morgan fingerprint density at radius 3 is 2.75 bits per heavy atom. The number of anilines is 1. The van der Waals surface area contributed by atoms with Gasteiger partial charge in [-0.3, -0.25) is 4.79 Å². The summed E-state index contributed by atoms with van der Waals surface area (Å²) >= 11 is 1.20. The van der Waals surface area contributed by atoms with Crippen LogP contribution in [-0.2, 0) is 4.79 Å². The van der Waals surface area contributed by atoms with Gasteiger partial charge in [0.1, 0.15) is 5.82 Å². The maximum absolute atomic E-state index is 13.4. The van der Waals surface area contributed by atoms with Crippen LogP contribution in [-0.4, -0.2) is 31.4 Å². The van der Waals surface area contributed by atoms with Gasteiger partial charge in [0.15, 0.2) is 0 Å². The van der Waals surface area contributed by atoms with Crippen molar-refractivity contribution in [2.75, 3.05) is 5.32 Å². The number of amides is 1. The molecule has 1 aromatic heterocycles. The normalized spacial score (nSPS) is 11.9. The minimum absolute atomic E-state index is 0.167. The molecule has 0 saturated carbocycles. The summed E-state index contributed by atoms with van der Waals surface area (Å²) in [5.74, 6) is -0.547. The maximum Gasteiger partial charge on any atom is 0.237 e. The van der Waals surface area contributed by atoms with Gasteiger partial charge in [-0.1, -0.05) is 36.0 Å². The molecule has 2 aromatic carbocycles. The van der Waals surface area contributed by atoms with E-state index in [1.54, 1.807) is 19.1 Å². The molecule has 1 amide bonds. The topological polar surface area (TPSA) is 72.7 Å². The molecule has 0 bridgehead atoms. The highest BCUT2D eigenvalue weighted by Gasteiger charge is 2.19. The lowest BCUT2D eigenvalue weighted by Crippen LogP contribution is -2.22. The standard InChI is InChI=1S/C16H14FN5OS/c1-11(15(23)18-13-7-3-2-4-8-13)24-16-19-20-21-22(16)14-9-5-6-12(17)10-14/h2-11H,1H3,(H,18,23)/t11-/m0/s1. The van der Waals surface area contributed by atoms with Gasteiger partial charge in [-0.2, -0.15) is 4.68 Å². The van der Waals surface area contributed by atoms with Gasteiger partial charge in [0.05, 0.1) is 10.9 Å². The van der Waals surface area contributed by atoms with Crippen molar-refractivity contribution in [2.45, 2.75) is 17.3 Å². The van der Waals surface area contributed by atoms with Gasteiger partial charge in [-0.15, -0.1) is 5.10 Å². The Hall–Kier alpha value is -2.74. The Bertz CT molecular complexity index is 839. The summed E-state index contributed by atoms with van der Waals surface area (Å²) in [5.41, 5.74) is 1.22. The van der Waals surface area contributed by atoms with Crippen molar-refractivity contribution in [1.82, 2.24) is 20.2 Å². The molecule has 1 N–H and O–H groups in total. The molecule has 0 unspecified atom stereocenters. The summed E-state index contributed by atoms with van der Waals surface area (Å²) in [4.78, 5) is 12.3. The van der Waals surface area contributed by atoms with E-state index in [0.717, 1.165) is 5.69 Å². The number of hydrogen-bond donors (Lipinski definition) is 1. The van der Waals surface area contributed by atoms with Gasteiger partial charge in [0.2, 0.25) is 11.1 Å². The number of thioether (sulfide) groups is 1. The van der Waals surface area contributed by atoms with Crippen molar-refractivity contribution < 1.29 is 9.18 Å². The van der Waals surface area contributed by atoms with Crippen molar-refractivity contribution in [1.29, 1.82) is 0 Å². The van der Waals surface area contributed by atoms with Crippen LogP contribution in [0.3, 0.4) is 0 Å². The van der Waals surface area contributed by atoms with E-state index < -0.39 is 5.25 Å². The van der Waals surface area contributed by atoms with Crippen molar-refractivity contribution in [3.63, 3.8) is 0 Å². The predicted molar refractivity (Wildman–Crippen MR) is 89.5 cm³/mol. The van der Waals surface area contributed by atoms with E-state index in [-0.39, 0.29) is 11.7 Å². The fraction of sp³-hybridized carbons (Fsp3) is 0.125. The Morgan fingerprint density at radius 1 is 1.21 bits per heavy atom. The van der Waals surface area contributed by atoms with Crippen LogP contribution in [0.5, 0.6) is 0 Å². The second-order valence-electron chi connectivity index (χ2n) is 4.97. The molecule has 3 rings (SSSR count). The van der Waals surface area contributed by atoms with Crippen LogP contribution in [0.1, 0.15) is 6.92 Å². The molecular formula is C16H14FN5OS. The smallest absolute Gasteiger partial charge is 0.237 e. The van der Waals surface area contributed by atoms with Gasteiger partial charge in [-0.25, -0.2) is 4.39 Å². The SMILES string of the molecule is C[C@H](Sc1nnnn1-c1cccc(F)c1)C(=O)Nc1ccccc1. The molecule has 0 aliphatic carbocycles. The fourth-order valence-corrected chi connectivity index (χ4v) is 2.81. The summed E-state index contributed by atoms with van der Waals surface area (Å²) in [6, 6.07) is 15.1. The van der Waals surface area contributed by atoms with E-state index in [2.05, 4.69) is 20.8 Å². The van der Waals surface area contributed by atoms with Gasteiger partial charge < -0.3 is 5.32 Å². The minimum Gasteiger partial charge on any atom is -0.325 e. The van der Waals surface area contributed by atoms with Crippen molar-refractivity contribution >= 4 is 23.4 Å². The number of para-hydroxylation sites is 1. The van der Waals surface area contributed by atoms with E-state index >= 15 is 0 Å². The molecule has 3 aromatic rings. The number of benzene rings is 2. The van der Waals surface area contributed by atoms with E-state index in [4.69, 9.17) is 0 Å². The second-order valence-corrected chi connectivity index (χ2v) is 6.28. The second kappa shape index (κ2) is 7.22. The highest BCUT2D eigenvalue weighted by Crippen LogP contribution is 2.24. The number of carbonyl (C=O) groups is 1. The first-order chi connectivity index (χ1) is 11.6. The zero-order valence-corrected chi connectivity index (χ0v) is 13.6. The molecule has 0 spiro atoms.